The molecule has 11 heteroatoms. The molecule has 2 aromatic heterocycles. The number of nitrogens with zero attached hydrogens (tertiary/aromatic N) is 2. The van der Waals surface area contributed by atoms with Crippen LogP contribution < -0.4 is 9.44 Å². The third-order valence-electron chi connectivity index (χ3n) is 3.26. The highest BCUT2D eigenvalue weighted by atomic mass is 32.2. The molecule has 3 rings (SSSR count). The van der Waals surface area contributed by atoms with Gasteiger partial charge in [0, 0.05) is 12.3 Å². The van der Waals surface area contributed by atoms with Gasteiger partial charge in [-0.2, -0.15) is 0 Å². The predicted molar refractivity (Wildman–Crippen MR) is 92.0 cm³/mol. The molecule has 0 radical (unpaired) electrons. The van der Waals surface area contributed by atoms with E-state index in [9.17, 15) is 16.8 Å². The van der Waals surface area contributed by atoms with E-state index in [1.165, 1.54) is 42.8 Å². The van der Waals surface area contributed by atoms with Gasteiger partial charge in [0.2, 0.25) is 10.0 Å². The largest absolute Gasteiger partial charge is 0.364 e. The van der Waals surface area contributed by atoms with Gasteiger partial charge < -0.3 is 4.52 Å². The average molecular weight is 394 g/mol. The Morgan fingerprint density at radius 2 is 1.69 bits per heavy atom. The number of pyridine rings is 1. The molecule has 0 amide bonds. The maximum absolute atomic E-state index is 12.4. The second-order valence-electron chi connectivity index (χ2n) is 5.11. The predicted octanol–water partition coefficient (Wildman–Crippen LogP) is 1.35. The number of sulfonamides is 2. The van der Waals surface area contributed by atoms with Gasteiger partial charge in [-0.05, 0) is 30.3 Å². The molecular weight excluding hydrogens is 380 g/mol. The Bertz CT molecular complexity index is 1080. The molecule has 0 fully saturated rings. The van der Waals surface area contributed by atoms with E-state index in [1.807, 2.05) is 0 Å². The van der Waals surface area contributed by atoms with E-state index in [0.29, 0.717) is 5.69 Å². The quantitative estimate of drug-likeness (QED) is 0.618. The zero-order valence-corrected chi connectivity index (χ0v) is 14.9. The summed E-state index contributed by atoms with van der Waals surface area (Å²) in [7, 11) is -7.92. The third kappa shape index (κ3) is 4.25. The van der Waals surface area contributed by atoms with E-state index in [0.717, 1.165) is 6.07 Å². The maximum Gasteiger partial charge on any atom is 0.263 e. The normalized spacial score (nSPS) is 12.0. The number of aromatic nitrogens is 2. The van der Waals surface area contributed by atoms with Gasteiger partial charge in [-0.25, -0.2) is 26.5 Å². The van der Waals surface area contributed by atoms with Crippen molar-refractivity contribution in [3.8, 4) is 0 Å². The fourth-order valence-corrected chi connectivity index (χ4v) is 4.18. The number of rotatable bonds is 7. The summed E-state index contributed by atoms with van der Waals surface area (Å²) in [6, 6.07) is 11.3. The molecule has 0 unspecified atom stereocenters. The van der Waals surface area contributed by atoms with Crippen LogP contribution in [0.15, 0.2) is 75.3 Å². The van der Waals surface area contributed by atoms with Crippen molar-refractivity contribution in [3.63, 3.8) is 0 Å². The third-order valence-corrected chi connectivity index (χ3v) is 6.02. The van der Waals surface area contributed by atoms with Crippen LogP contribution in [0.3, 0.4) is 0 Å². The Kier molecular flexibility index (Phi) is 5.02. The zero-order chi connectivity index (χ0) is 18.6. The first-order valence-corrected chi connectivity index (χ1v) is 10.3. The molecule has 26 heavy (non-hydrogen) atoms. The fourth-order valence-electron chi connectivity index (χ4n) is 2.01. The van der Waals surface area contributed by atoms with Crippen LogP contribution in [0.4, 0.5) is 5.82 Å². The van der Waals surface area contributed by atoms with Crippen LogP contribution in [0.25, 0.3) is 0 Å². The molecule has 0 aliphatic carbocycles. The van der Waals surface area contributed by atoms with Crippen LogP contribution in [0.5, 0.6) is 0 Å². The van der Waals surface area contributed by atoms with Crippen LogP contribution in [-0.4, -0.2) is 27.0 Å². The fraction of sp³-hybridized carbons (Fsp3) is 0.0667. The highest BCUT2D eigenvalue weighted by Crippen LogP contribution is 2.18. The molecule has 2 heterocycles. The van der Waals surface area contributed by atoms with E-state index >= 15 is 0 Å². The van der Waals surface area contributed by atoms with Crippen molar-refractivity contribution in [3.05, 3.63) is 66.7 Å². The van der Waals surface area contributed by atoms with E-state index in [-0.39, 0.29) is 22.2 Å². The zero-order valence-electron chi connectivity index (χ0n) is 13.2. The van der Waals surface area contributed by atoms with Gasteiger partial charge in [-0.15, -0.1) is 0 Å². The van der Waals surface area contributed by atoms with E-state index in [1.54, 1.807) is 12.1 Å². The number of anilines is 1. The van der Waals surface area contributed by atoms with Crippen LogP contribution in [0, 0.1) is 0 Å². The van der Waals surface area contributed by atoms with Crippen LogP contribution in [-0.2, 0) is 26.6 Å². The summed E-state index contributed by atoms with van der Waals surface area (Å²) in [4.78, 5) is 3.49. The average Bonchev–Trinajstić information content (AvgIpc) is 3.14. The molecule has 0 aliphatic heterocycles. The van der Waals surface area contributed by atoms with Crippen molar-refractivity contribution < 1.29 is 21.4 Å². The first-order chi connectivity index (χ1) is 12.4. The van der Waals surface area contributed by atoms with Gasteiger partial charge in [-0.3, -0.25) is 4.72 Å². The lowest BCUT2D eigenvalue weighted by Crippen LogP contribution is -2.24. The first kappa shape index (κ1) is 18.0. The number of benzene rings is 1. The van der Waals surface area contributed by atoms with Crippen LogP contribution in [0.1, 0.15) is 5.69 Å². The van der Waals surface area contributed by atoms with E-state index in [4.69, 9.17) is 0 Å². The summed E-state index contributed by atoms with van der Waals surface area (Å²) in [6.45, 7) is -0.0814. The van der Waals surface area contributed by atoms with Crippen molar-refractivity contribution in [1.82, 2.24) is 14.9 Å². The molecule has 0 spiro atoms. The lowest BCUT2D eigenvalue weighted by molar-refractivity contribution is 0.411. The topological polar surface area (TPSA) is 131 Å². The van der Waals surface area contributed by atoms with Gasteiger partial charge in [0.1, 0.15) is 12.1 Å². The van der Waals surface area contributed by atoms with E-state index in [2.05, 4.69) is 24.1 Å². The first-order valence-electron chi connectivity index (χ1n) is 7.30. The minimum atomic E-state index is -3.99. The Hall–Kier alpha value is -2.76. The van der Waals surface area contributed by atoms with Crippen LogP contribution in [0.2, 0.25) is 0 Å². The monoisotopic (exact) mass is 394 g/mol. The number of hydrogen-bond donors (Lipinski definition) is 2. The second kappa shape index (κ2) is 7.23. The smallest absolute Gasteiger partial charge is 0.263 e. The van der Waals surface area contributed by atoms with Gasteiger partial charge in [0.15, 0.2) is 0 Å². The molecule has 0 bridgehead atoms. The number of nitrogens with one attached hydrogen (secondary N) is 2. The molecule has 1 aromatic carbocycles. The SMILES string of the molecule is O=S(=O)(NCc1ccon1)c1cccc(S(=O)(=O)Nc2ccccn2)c1. The van der Waals surface area contributed by atoms with Crippen molar-refractivity contribution in [1.29, 1.82) is 0 Å². The Labute approximate surface area is 150 Å². The lowest BCUT2D eigenvalue weighted by Gasteiger charge is -2.09. The van der Waals surface area contributed by atoms with Crippen molar-refractivity contribution in [2.24, 2.45) is 0 Å². The van der Waals surface area contributed by atoms with Crippen molar-refractivity contribution >= 4 is 25.9 Å². The summed E-state index contributed by atoms with van der Waals surface area (Å²) in [5.74, 6) is 0.130. The molecule has 136 valence electrons. The molecule has 0 saturated heterocycles. The van der Waals surface area contributed by atoms with Gasteiger partial charge >= 0.3 is 0 Å². The van der Waals surface area contributed by atoms with Crippen LogP contribution >= 0.6 is 0 Å². The summed E-state index contributed by atoms with van der Waals surface area (Å²) < 4.78 is 58.9. The highest BCUT2D eigenvalue weighted by molar-refractivity contribution is 7.93. The van der Waals surface area contributed by atoms with Crippen molar-refractivity contribution in [2.45, 2.75) is 16.3 Å². The van der Waals surface area contributed by atoms with Gasteiger partial charge in [0.25, 0.3) is 10.0 Å². The summed E-state index contributed by atoms with van der Waals surface area (Å²) in [5, 5.41) is 3.60. The molecule has 2 N–H and O–H groups in total. The lowest BCUT2D eigenvalue weighted by atomic mass is 10.4. The molecular formula is C15H14N4O5S2. The summed E-state index contributed by atoms with van der Waals surface area (Å²) in [5.41, 5.74) is 0.397. The minimum absolute atomic E-state index is 0.0814. The molecule has 9 nitrogen and oxygen atoms in total. The Balaban J connectivity index is 1.83. The second-order valence-corrected chi connectivity index (χ2v) is 8.56. The van der Waals surface area contributed by atoms with E-state index < -0.39 is 20.0 Å². The van der Waals surface area contributed by atoms with Crippen molar-refractivity contribution in [2.75, 3.05) is 4.72 Å². The molecule has 0 atom stereocenters. The molecule has 3 aromatic rings. The maximum atomic E-state index is 12.4. The Morgan fingerprint density at radius 3 is 2.35 bits per heavy atom. The standard InChI is InChI=1S/C15H14N4O5S2/c20-25(21,17-11-12-7-9-24-18-12)13-4-3-5-14(10-13)26(22,23)19-15-6-1-2-8-16-15/h1-10,17H,11H2,(H,16,19). The van der Waals surface area contributed by atoms with Gasteiger partial charge in [0.05, 0.1) is 22.0 Å². The summed E-state index contributed by atoms with van der Waals surface area (Å²) in [6.07, 6.45) is 2.76. The summed E-state index contributed by atoms with van der Waals surface area (Å²) >= 11 is 0. The Morgan fingerprint density at radius 1 is 0.923 bits per heavy atom. The molecule has 0 aliphatic rings. The van der Waals surface area contributed by atoms with Gasteiger partial charge in [-0.1, -0.05) is 17.3 Å². The molecule has 0 saturated carbocycles. The minimum Gasteiger partial charge on any atom is -0.364 e. The highest BCUT2D eigenvalue weighted by Gasteiger charge is 2.20. The number of hydrogen-bond acceptors (Lipinski definition) is 7.